The maximum atomic E-state index is 13.6. The Morgan fingerprint density at radius 3 is 2.45 bits per heavy atom. The number of nitrogens with zero attached hydrogens (tertiary/aromatic N) is 3. The molecule has 0 aliphatic carbocycles. The molecule has 0 radical (unpaired) electrons. The van der Waals surface area contributed by atoms with Gasteiger partial charge in [-0.2, -0.15) is 0 Å². The van der Waals surface area contributed by atoms with Gasteiger partial charge in [0.05, 0.1) is 12.2 Å². The third kappa shape index (κ3) is 3.41. The number of carbonyl (C=O) groups excluding carboxylic acids is 1. The SMILES string of the molecule is CC1(Cc2ccc(Br)cc2)C(=O)N(c2cc(Cl)cc(Cl)c2)C2=NCC(C(=O)O)N21. The average Bonchev–Trinajstić information content (AvgIpc) is 3.16. The molecule has 2 heterocycles. The summed E-state index contributed by atoms with van der Waals surface area (Å²) in [5, 5.41) is 10.5. The summed E-state index contributed by atoms with van der Waals surface area (Å²) in [5.41, 5.74) is 0.244. The van der Waals surface area contributed by atoms with Crippen LogP contribution in [0.25, 0.3) is 0 Å². The number of carboxylic acids is 1. The highest BCUT2D eigenvalue weighted by molar-refractivity contribution is 9.10. The summed E-state index contributed by atoms with van der Waals surface area (Å²) in [7, 11) is 0. The zero-order valence-corrected chi connectivity index (χ0v) is 18.4. The van der Waals surface area contributed by atoms with Crippen molar-refractivity contribution in [1.82, 2.24) is 4.90 Å². The van der Waals surface area contributed by atoms with Gasteiger partial charge in [-0.25, -0.2) is 14.7 Å². The zero-order chi connectivity index (χ0) is 20.9. The summed E-state index contributed by atoms with van der Waals surface area (Å²) in [5.74, 6) is -0.992. The van der Waals surface area contributed by atoms with Gasteiger partial charge in [-0.3, -0.25) is 4.79 Å². The molecule has 0 saturated carbocycles. The molecule has 1 fully saturated rings. The average molecular weight is 497 g/mol. The van der Waals surface area contributed by atoms with Gasteiger partial charge in [0.2, 0.25) is 5.96 Å². The first-order valence-corrected chi connectivity index (χ1v) is 10.4. The van der Waals surface area contributed by atoms with Gasteiger partial charge in [0, 0.05) is 20.9 Å². The molecule has 1 amide bonds. The Bertz CT molecular complexity index is 1020. The van der Waals surface area contributed by atoms with Crippen LogP contribution < -0.4 is 4.90 Å². The number of aliphatic carboxylic acids is 1. The second-order valence-electron chi connectivity index (χ2n) is 7.21. The molecule has 6 nitrogen and oxygen atoms in total. The van der Waals surface area contributed by atoms with E-state index in [-0.39, 0.29) is 12.5 Å². The first-order valence-electron chi connectivity index (χ1n) is 8.82. The number of halogens is 3. The molecule has 2 unspecified atom stereocenters. The van der Waals surface area contributed by atoms with Gasteiger partial charge in [0.25, 0.3) is 5.91 Å². The Hall–Kier alpha value is -2.09. The lowest BCUT2D eigenvalue weighted by atomic mass is 9.90. The summed E-state index contributed by atoms with van der Waals surface area (Å²) in [6, 6.07) is 11.5. The van der Waals surface area contributed by atoms with Gasteiger partial charge in [-0.15, -0.1) is 0 Å². The van der Waals surface area contributed by atoms with Crippen molar-refractivity contribution in [2.75, 3.05) is 11.4 Å². The van der Waals surface area contributed by atoms with Crippen LogP contribution in [0.4, 0.5) is 5.69 Å². The quantitative estimate of drug-likeness (QED) is 0.687. The van der Waals surface area contributed by atoms with Crippen molar-refractivity contribution in [2.45, 2.75) is 24.9 Å². The number of benzene rings is 2. The molecule has 9 heteroatoms. The number of anilines is 1. The van der Waals surface area contributed by atoms with Gasteiger partial charge in [-0.05, 0) is 42.8 Å². The number of hydrogen-bond acceptors (Lipinski definition) is 4. The Labute approximate surface area is 185 Å². The molecule has 0 bridgehead atoms. The van der Waals surface area contributed by atoms with E-state index in [9.17, 15) is 14.7 Å². The second kappa shape index (κ2) is 7.31. The zero-order valence-electron chi connectivity index (χ0n) is 15.3. The molecular formula is C20H16BrCl2N3O3. The van der Waals surface area contributed by atoms with Crippen LogP contribution in [0.2, 0.25) is 10.0 Å². The van der Waals surface area contributed by atoms with E-state index >= 15 is 0 Å². The van der Waals surface area contributed by atoms with Crippen molar-refractivity contribution in [3.05, 3.63) is 62.5 Å². The Balaban J connectivity index is 1.81. The predicted octanol–water partition coefficient (Wildman–Crippen LogP) is 4.23. The number of amides is 1. The molecule has 29 heavy (non-hydrogen) atoms. The van der Waals surface area contributed by atoms with Crippen LogP contribution >= 0.6 is 39.1 Å². The molecular weight excluding hydrogens is 481 g/mol. The third-order valence-corrected chi connectivity index (χ3v) is 6.15. The standard InChI is InChI=1S/C20H16BrCl2N3O3/c1-20(9-11-2-4-12(21)5-3-11)18(29)25(15-7-13(22)6-14(23)8-15)19-24-10-16(17(27)28)26(19)20/h2-8,16H,9-10H2,1H3,(H,27,28). The molecule has 0 spiro atoms. The van der Waals surface area contributed by atoms with Crippen molar-refractivity contribution in [1.29, 1.82) is 0 Å². The number of carboxylic acid groups (broad SMARTS) is 1. The van der Waals surface area contributed by atoms with E-state index in [1.165, 1.54) is 4.90 Å². The minimum atomic E-state index is -1.12. The summed E-state index contributed by atoms with van der Waals surface area (Å²) >= 11 is 15.7. The Morgan fingerprint density at radius 2 is 1.86 bits per heavy atom. The smallest absolute Gasteiger partial charge is 0.328 e. The lowest BCUT2D eigenvalue weighted by molar-refractivity contribution is -0.143. The van der Waals surface area contributed by atoms with Crippen LogP contribution in [0, 0.1) is 0 Å². The highest BCUT2D eigenvalue weighted by atomic mass is 79.9. The summed E-state index contributed by atoms with van der Waals surface area (Å²) in [6.07, 6.45) is 0.326. The molecule has 2 aliphatic heterocycles. The monoisotopic (exact) mass is 495 g/mol. The van der Waals surface area contributed by atoms with E-state index in [0.29, 0.717) is 28.1 Å². The van der Waals surface area contributed by atoms with E-state index in [0.717, 1.165) is 10.0 Å². The minimum Gasteiger partial charge on any atom is -0.480 e. The Kier molecular flexibility index (Phi) is 5.09. The largest absolute Gasteiger partial charge is 0.480 e. The van der Waals surface area contributed by atoms with E-state index < -0.39 is 17.6 Å². The molecule has 2 aliphatic rings. The maximum Gasteiger partial charge on any atom is 0.328 e. The van der Waals surface area contributed by atoms with Crippen LogP contribution in [0.15, 0.2) is 51.9 Å². The molecule has 1 N–H and O–H groups in total. The van der Waals surface area contributed by atoms with Gasteiger partial charge >= 0.3 is 5.97 Å². The van der Waals surface area contributed by atoms with Crippen LogP contribution in [0.1, 0.15) is 12.5 Å². The van der Waals surface area contributed by atoms with Crippen LogP contribution in [-0.2, 0) is 16.0 Å². The van der Waals surface area contributed by atoms with E-state index in [1.807, 2.05) is 24.3 Å². The molecule has 2 aromatic rings. The molecule has 150 valence electrons. The number of hydrogen-bond donors (Lipinski definition) is 1. The fourth-order valence-corrected chi connectivity index (χ4v) is 4.67. The van der Waals surface area contributed by atoms with Crippen molar-refractivity contribution in [3.63, 3.8) is 0 Å². The predicted molar refractivity (Wildman–Crippen MR) is 116 cm³/mol. The normalized spacial score (nSPS) is 23.4. The van der Waals surface area contributed by atoms with Crippen molar-refractivity contribution < 1.29 is 14.7 Å². The van der Waals surface area contributed by atoms with Crippen molar-refractivity contribution >= 4 is 62.7 Å². The highest BCUT2D eigenvalue weighted by Crippen LogP contribution is 2.40. The summed E-state index contributed by atoms with van der Waals surface area (Å²) in [6.45, 7) is 1.82. The fourth-order valence-electron chi connectivity index (χ4n) is 3.89. The summed E-state index contributed by atoms with van der Waals surface area (Å²) < 4.78 is 0.922. The number of guanidine groups is 1. The van der Waals surface area contributed by atoms with Crippen LogP contribution in [-0.4, -0.2) is 46.0 Å². The lowest BCUT2D eigenvalue weighted by Gasteiger charge is -2.34. The van der Waals surface area contributed by atoms with Gasteiger partial charge in [-0.1, -0.05) is 51.3 Å². The first kappa shape index (κ1) is 20.2. The maximum absolute atomic E-state index is 13.6. The minimum absolute atomic E-state index is 0.0681. The molecule has 1 saturated heterocycles. The number of carbonyl (C=O) groups is 2. The Morgan fingerprint density at radius 1 is 1.24 bits per heavy atom. The number of rotatable bonds is 4. The molecule has 2 aromatic carbocycles. The summed E-state index contributed by atoms with van der Waals surface area (Å²) in [4.78, 5) is 32.9. The van der Waals surface area contributed by atoms with Gasteiger partial charge in [0.15, 0.2) is 0 Å². The highest BCUT2D eigenvalue weighted by Gasteiger charge is 2.59. The lowest BCUT2D eigenvalue weighted by Crippen LogP contribution is -2.55. The van der Waals surface area contributed by atoms with E-state index in [2.05, 4.69) is 20.9 Å². The fraction of sp³-hybridized carbons (Fsp3) is 0.250. The number of aliphatic imine (C=N–C) groups is 1. The van der Waals surface area contributed by atoms with E-state index in [4.69, 9.17) is 23.2 Å². The van der Waals surface area contributed by atoms with Crippen molar-refractivity contribution in [2.24, 2.45) is 4.99 Å². The molecule has 2 atom stereocenters. The van der Waals surface area contributed by atoms with Gasteiger partial charge < -0.3 is 10.0 Å². The van der Waals surface area contributed by atoms with E-state index in [1.54, 1.807) is 30.0 Å². The molecule has 0 aromatic heterocycles. The third-order valence-electron chi connectivity index (χ3n) is 5.18. The topological polar surface area (TPSA) is 73.2 Å². The first-order chi connectivity index (χ1) is 13.7. The van der Waals surface area contributed by atoms with Gasteiger partial charge in [0.1, 0.15) is 11.6 Å². The van der Waals surface area contributed by atoms with Crippen LogP contribution in [0.5, 0.6) is 0 Å². The van der Waals surface area contributed by atoms with Crippen LogP contribution in [0.3, 0.4) is 0 Å². The molecule has 4 rings (SSSR count). The second-order valence-corrected chi connectivity index (χ2v) is 9.00. The number of fused-ring (bicyclic) bond motifs is 1. The van der Waals surface area contributed by atoms with Crippen molar-refractivity contribution in [3.8, 4) is 0 Å².